The minimum Gasteiger partial charge on any atom is -0.463 e. The number of nitrogens with zero attached hydrogens (tertiary/aromatic N) is 1. The molecule has 0 aromatic heterocycles. The maximum Gasteiger partial charge on any atom is 0.376 e. The molecule has 130 valence electrons. The SMILES string of the molecule is COC(=O)C(=O)[C@H](Cc1ccccc1)N(C=O)OCc1ccccc1. The van der Waals surface area contributed by atoms with Crippen molar-refractivity contribution in [2.75, 3.05) is 7.11 Å². The number of hydroxylamine groups is 2. The van der Waals surface area contributed by atoms with E-state index in [2.05, 4.69) is 4.74 Å². The van der Waals surface area contributed by atoms with Crippen LogP contribution in [0.15, 0.2) is 60.7 Å². The highest BCUT2D eigenvalue weighted by atomic mass is 16.7. The smallest absolute Gasteiger partial charge is 0.376 e. The summed E-state index contributed by atoms with van der Waals surface area (Å²) >= 11 is 0. The third-order valence-corrected chi connectivity index (χ3v) is 3.60. The zero-order valence-corrected chi connectivity index (χ0v) is 13.8. The van der Waals surface area contributed by atoms with Crippen LogP contribution in [0.5, 0.6) is 0 Å². The van der Waals surface area contributed by atoms with Gasteiger partial charge in [-0.05, 0) is 11.1 Å². The quantitative estimate of drug-likeness (QED) is 0.302. The Morgan fingerprint density at radius 3 is 2.08 bits per heavy atom. The first-order valence-electron chi connectivity index (χ1n) is 7.72. The molecule has 0 bridgehead atoms. The van der Waals surface area contributed by atoms with E-state index in [1.807, 2.05) is 48.5 Å². The number of amides is 1. The summed E-state index contributed by atoms with van der Waals surface area (Å²) in [5, 5.41) is 0.874. The molecule has 25 heavy (non-hydrogen) atoms. The van der Waals surface area contributed by atoms with Crippen LogP contribution in [0.3, 0.4) is 0 Å². The molecular formula is C19H19NO5. The second-order valence-corrected chi connectivity index (χ2v) is 5.29. The Bertz CT molecular complexity index is 702. The highest BCUT2D eigenvalue weighted by Gasteiger charge is 2.32. The standard InChI is InChI=1S/C19H19NO5/c1-24-19(23)18(22)17(12-15-8-4-2-5-9-15)20(14-21)25-13-16-10-6-3-7-11-16/h2-11,14,17H,12-13H2,1H3/t17-/m0/s1. The number of hydrogen-bond acceptors (Lipinski definition) is 5. The lowest BCUT2D eigenvalue weighted by atomic mass is 10.0. The van der Waals surface area contributed by atoms with Crippen LogP contribution in [-0.2, 0) is 37.0 Å². The Morgan fingerprint density at radius 1 is 1.00 bits per heavy atom. The van der Waals surface area contributed by atoms with E-state index in [9.17, 15) is 14.4 Å². The summed E-state index contributed by atoms with van der Waals surface area (Å²) in [6.45, 7) is 0.0965. The Kier molecular flexibility index (Phi) is 6.86. The first kappa shape index (κ1) is 18.4. The number of carbonyl (C=O) groups excluding carboxylic acids is 3. The van der Waals surface area contributed by atoms with Gasteiger partial charge in [0.05, 0.1) is 7.11 Å². The summed E-state index contributed by atoms with van der Waals surface area (Å²) in [6.07, 6.45) is 0.541. The fourth-order valence-corrected chi connectivity index (χ4v) is 2.29. The molecule has 6 nitrogen and oxygen atoms in total. The molecule has 0 spiro atoms. The Morgan fingerprint density at radius 2 is 1.56 bits per heavy atom. The summed E-state index contributed by atoms with van der Waals surface area (Å²) in [4.78, 5) is 40.9. The van der Waals surface area contributed by atoms with Crippen molar-refractivity contribution < 1.29 is 24.0 Å². The molecule has 2 aromatic rings. The summed E-state index contributed by atoms with van der Waals surface area (Å²) < 4.78 is 4.50. The first-order chi connectivity index (χ1) is 12.2. The molecule has 0 N–H and O–H groups in total. The lowest BCUT2D eigenvalue weighted by Crippen LogP contribution is -2.45. The molecule has 0 radical (unpaired) electrons. The van der Waals surface area contributed by atoms with Crippen molar-refractivity contribution in [2.45, 2.75) is 19.1 Å². The van der Waals surface area contributed by atoms with Crippen LogP contribution in [0.25, 0.3) is 0 Å². The lowest BCUT2D eigenvalue weighted by Gasteiger charge is -2.25. The van der Waals surface area contributed by atoms with Gasteiger partial charge in [-0.15, -0.1) is 0 Å². The van der Waals surface area contributed by atoms with Crippen molar-refractivity contribution in [3.05, 3.63) is 71.8 Å². The molecule has 0 heterocycles. The molecule has 0 fully saturated rings. The minimum atomic E-state index is -1.10. The number of esters is 1. The van der Waals surface area contributed by atoms with Crippen molar-refractivity contribution in [1.82, 2.24) is 5.06 Å². The molecule has 0 unspecified atom stereocenters. The molecule has 0 saturated carbocycles. The average molecular weight is 341 g/mol. The highest BCUT2D eigenvalue weighted by molar-refractivity contribution is 6.35. The van der Waals surface area contributed by atoms with Gasteiger partial charge in [-0.25, -0.2) is 9.86 Å². The number of ether oxygens (including phenoxy) is 1. The largest absolute Gasteiger partial charge is 0.463 e. The van der Waals surface area contributed by atoms with Gasteiger partial charge in [-0.2, -0.15) is 0 Å². The van der Waals surface area contributed by atoms with E-state index in [1.165, 1.54) is 0 Å². The zero-order chi connectivity index (χ0) is 18.1. The molecule has 2 aromatic carbocycles. The second kappa shape index (κ2) is 9.34. The van der Waals surface area contributed by atoms with Gasteiger partial charge in [0, 0.05) is 6.42 Å². The zero-order valence-electron chi connectivity index (χ0n) is 13.8. The molecule has 1 amide bonds. The van der Waals surface area contributed by atoms with Crippen LogP contribution in [0.1, 0.15) is 11.1 Å². The van der Waals surface area contributed by atoms with Gasteiger partial charge in [0.1, 0.15) is 12.6 Å². The molecule has 1 atom stereocenters. The van der Waals surface area contributed by atoms with Crippen molar-refractivity contribution in [2.24, 2.45) is 0 Å². The molecule has 2 rings (SSSR count). The van der Waals surface area contributed by atoms with Crippen molar-refractivity contribution in [3.63, 3.8) is 0 Å². The number of carbonyl (C=O) groups is 3. The van der Waals surface area contributed by atoms with Crippen LogP contribution < -0.4 is 0 Å². The second-order valence-electron chi connectivity index (χ2n) is 5.29. The lowest BCUT2D eigenvalue weighted by molar-refractivity contribution is -0.196. The van der Waals surface area contributed by atoms with Crippen LogP contribution in [0, 0.1) is 0 Å². The molecular weight excluding hydrogens is 322 g/mol. The summed E-state index contributed by atoms with van der Waals surface area (Å²) in [6, 6.07) is 17.2. The predicted octanol–water partition coefficient (Wildman–Crippen LogP) is 1.93. The van der Waals surface area contributed by atoms with Gasteiger partial charge in [-0.1, -0.05) is 60.7 Å². The number of rotatable bonds is 9. The van der Waals surface area contributed by atoms with E-state index in [1.54, 1.807) is 12.1 Å². The average Bonchev–Trinajstić information content (AvgIpc) is 2.68. The summed E-state index contributed by atoms with van der Waals surface area (Å²) in [5.41, 5.74) is 1.62. The van der Waals surface area contributed by atoms with Crippen LogP contribution in [0.2, 0.25) is 0 Å². The summed E-state index contributed by atoms with van der Waals surface area (Å²) in [5.74, 6) is -1.86. The number of ketones is 1. The number of hydrogen-bond donors (Lipinski definition) is 0. The normalized spacial score (nSPS) is 11.4. The van der Waals surface area contributed by atoms with Crippen LogP contribution in [0.4, 0.5) is 0 Å². The van der Waals surface area contributed by atoms with Gasteiger partial charge >= 0.3 is 5.97 Å². The van der Waals surface area contributed by atoms with E-state index in [0.717, 1.165) is 23.3 Å². The third kappa shape index (κ3) is 5.26. The van der Waals surface area contributed by atoms with Gasteiger partial charge in [0.2, 0.25) is 6.41 Å². The van der Waals surface area contributed by atoms with E-state index in [0.29, 0.717) is 6.41 Å². The molecule has 0 aliphatic carbocycles. The molecule has 0 aliphatic rings. The Hall–Kier alpha value is -2.99. The fraction of sp³-hybridized carbons (Fsp3) is 0.211. The minimum absolute atomic E-state index is 0.0965. The fourth-order valence-electron chi connectivity index (χ4n) is 2.29. The Balaban J connectivity index is 2.16. The van der Waals surface area contributed by atoms with Crippen LogP contribution in [-0.4, -0.2) is 36.4 Å². The van der Waals surface area contributed by atoms with Gasteiger partial charge < -0.3 is 4.74 Å². The number of methoxy groups -OCH3 is 1. The first-order valence-corrected chi connectivity index (χ1v) is 7.72. The summed E-state index contributed by atoms with van der Waals surface area (Å²) in [7, 11) is 1.12. The molecule has 0 aliphatic heterocycles. The van der Waals surface area contributed by atoms with E-state index < -0.39 is 17.8 Å². The maximum absolute atomic E-state index is 12.3. The monoisotopic (exact) mass is 341 g/mol. The van der Waals surface area contributed by atoms with E-state index in [-0.39, 0.29) is 13.0 Å². The van der Waals surface area contributed by atoms with Crippen molar-refractivity contribution >= 4 is 18.2 Å². The van der Waals surface area contributed by atoms with Crippen molar-refractivity contribution in [3.8, 4) is 0 Å². The number of benzene rings is 2. The van der Waals surface area contributed by atoms with Crippen LogP contribution >= 0.6 is 0 Å². The van der Waals surface area contributed by atoms with Gasteiger partial charge in [0.25, 0.3) is 5.78 Å². The Labute approximate surface area is 145 Å². The van der Waals surface area contributed by atoms with E-state index in [4.69, 9.17) is 4.84 Å². The highest BCUT2D eigenvalue weighted by Crippen LogP contribution is 2.12. The predicted molar refractivity (Wildman–Crippen MR) is 90.1 cm³/mol. The molecule has 0 saturated heterocycles. The van der Waals surface area contributed by atoms with Gasteiger partial charge in [0.15, 0.2) is 0 Å². The van der Waals surface area contributed by atoms with Crippen molar-refractivity contribution in [1.29, 1.82) is 0 Å². The number of Topliss-reactive ketones (excluding diaryl/α,β-unsaturated/α-hetero) is 1. The molecule has 6 heteroatoms. The third-order valence-electron chi connectivity index (χ3n) is 3.60. The maximum atomic E-state index is 12.3. The van der Waals surface area contributed by atoms with Gasteiger partial charge in [-0.3, -0.25) is 14.4 Å². The van der Waals surface area contributed by atoms with E-state index >= 15 is 0 Å². The topological polar surface area (TPSA) is 72.9 Å².